The summed E-state index contributed by atoms with van der Waals surface area (Å²) < 4.78 is 35.8. The Labute approximate surface area is 280 Å². The van der Waals surface area contributed by atoms with Gasteiger partial charge in [0.15, 0.2) is 17.2 Å². The number of carbonyl (C=O) groups is 1. The van der Waals surface area contributed by atoms with Crippen LogP contribution in [-0.4, -0.2) is 50.7 Å². The molecule has 1 aromatic heterocycles. The predicted octanol–water partition coefficient (Wildman–Crippen LogP) is 8.38. The highest BCUT2D eigenvalue weighted by atomic mass is 31.2. The molecule has 250 valence electrons. The van der Waals surface area contributed by atoms with Crippen LogP contribution in [0.1, 0.15) is 26.3 Å². The van der Waals surface area contributed by atoms with E-state index < -0.39 is 13.2 Å². The molecule has 0 saturated carbocycles. The van der Waals surface area contributed by atoms with Crippen molar-refractivity contribution >= 4 is 52.3 Å². The number of nitrogens with one attached hydrogen (secondary N) is 3. The van der Waals surface area contributed by atoms with Gasteiger partial charge in [0.05, 0.1) is 38.0 Å². The van der Waals surface area contributed by atoms with E-state index in [0.717, 1.165) is 16.3 Å². The van der Waals surface area contributed by atoms with Gasteiger partial charge in [-0.2, -0.15) is 4.98 Å². The molecule has 0 atom stereocenters. The number of ether oxygens (including phenoxy) is 4. The minimum Gasteiger partial charge on any atom is -0.494 e. The highest BCUT2D eigenvalue weighted by Crippen LogP contribution is 2.43. The van der Waals surface area contributed by atoms with Gasteiger partial charge in [-0.1, -0.05) is 45.0 Å². The molecule has 0 radical (unpaired) electrons. The van der Waals surface area contributed by atoms with Crippen molar-refractivity contribution in [3.05, 3.63) is 84.6 Å². The third kappa shape index (κ3) is 7.64. The van der Waals surface area contributed by atoms with Crippen molar-refractivity contribution in [3.8, 4) is 28.9 Å². The molecular formula is C36H40N5O6P. The van der Waals surface area contributed by atoms with E-state index in [-0.39, 0.29) is 5.41 Å². The van der Waals surface area contributed by atoms with Gasteiger partial charge in [0.1, 0.15) is 12.9 Å². The summed E-state index contributed by atoms with van der Waals surface area (Å²) in [4.78, 5) is 22.3. The number of urea groups is 1. The van der Waals surface area contributed by atoms with Gasteiger partial charge in [-0.15, -0.1) is 0 Å². The van der Waals surface area contributed by atoms with Gasteiger partial charge in [0.25, 0.3) is 0 Å². The van der Waals surface area contributed by atoms with E-state index in [2.05, 4.69) is 46.7 Å². The fourth-order valence-corrected chi connectivity index (χ4v) is 6.26. The maximum atomic E-state index is 13.4. The maximum Gasteiger partial charge on any atom is 0.323 e. The van der Waals surface area contributed by atoms with E-state index in [9.17, 15) is 9.36 Å². The molecule has 0 aliphatic heterocycles. The number of fused-ring (bicyclic) bond motifs is 1. The van der Waals surface area contributed by atoms with Crippen molar-refractivity contribution in [3.63, 3.8) is 0 Å². The molecule has 0 aliphatic rings. The third-order valence-electron chi connectivity index (χ3n) is 7.58. The van der Waals surface area contributed by atoms with Crippen LogP contribution in [0.15, 0.2) is 79.0 Å². The molecule has 1 heterocycles. The van der Waals surface area contributed by atoms with Crippen molar-refractivity contribution in [2.45, 2.75) is 26.2 Å². The van der Waals surface area contributed by atoms with E-state index in [1.807, 2.05) is 42.5 Å². The van der Waals surface area contributed by atoms with Crippen LogP contribution in [0.25, 0.3) is 10.8 Å². The van der Waals surface area contributed by atoms with Crippen molar-refractivity contribution in [2.75, 3.05) is 50.6 Å². The van der Waals surface area contributed by atoms with E-state index >= 15 is 0 Å². The molecule has 0 spiro atoms. The molecule has 2 amide bonds. The molecule has 5 rings (SSSR count). The lowest BCUT2D eigenvalue weighted by Gasteiger charge is -2.25. The second-order valence-electron chi connectivity index (χ2n) is 12.4. The Morgan fingerprint density at radius 3 is 2.12 bits per heavy atom. The molecule has 11 nitrogen and oxygen atoms in total. The summed E-state index contributed by atoms with van der Waals surface area (Å²) >= 11 is 0. The second kappa shape index (κ2) is 13.8. The monoisotopic (exact) mass is 669 g/mol. The summed E-state index contributed by atoms with van der Waals surface area (Å²) in [6.45, 7) is 9.56. The van der Waals surface area contributed by atoms with Gasteiger partial charge in [-0.05, 0) is 60.7 Å². The summed E-state index contributed by atoms with van der Waals surface area (Å²) in [5.41, 5.74) is 2.39. The number of amides is 2. The summed E-state index contributed by atoms with van der Waals surface area (Å²) in [6.07, 6.45) is 1.60. The van der Waals surface area contributed by atoms with E-state index in [1.54, 1.807) is 64.1 Å². The third-order valence-corrected chi connectivity index (χ3v) is 9.08. The number of aromatic nitrogens is 2. The van der Waals surface area contributed by atoms with Crippen LogP contribution in [-0.2, 0) is 9.98 Å². The molecule has 0 saturated heterocycles. The predicted molar refractivity (Wildman–Crippen MR) is 192 cm³/mol. The second-order valence-corrected chi connectivity index (χ2v) is 15.6. The molecule has 4 aromatic carbocycles. The zero-order valence-corrected chi connectivity index (χ0v) is 29.2. The maximum absolute atomic E-state index is 13.4. The standard InChI is InChI=1S/C36H40N5O6P/c1-36(2,3)22-19-27(33(46-6)31(20-22)48(7,8)43)40-35(42)39-26-14-16-28(25-12-10-9-11-24(25)26)47-32-17-18-37-34(41-32)38-23-13-15-29(44-4)30(21-23)45-5/h9-21H,1-8H3,(H,37,38,41)(H2,39,40,42). The number of benzene rings is 4. The first-order valence-electron chi connectivity index (χ1n) is 15.2. The molecular weight excluding hydrogens is 629 g/mol. The minimum atomic E-state index is -2.73. The number of nitrogens with zero attached hydrogens (tertiary/aromatic N) is 2. The molecule has 48 heavy (non-hydrogen) atoms. The van der Waals surface area contributed by atoms with Gasteiger partial charge >= 0.3 is 6.03 Å². The highest BCUT2D eigenvalue weighted by molar-refractivity contribution is 7.70. The zero-order valence-electron chi connectivity index (χ0n) is 28.3. The van der Waals surface area contributed by atoms with Crippen LogP contribution in [0.3, 0.4) is 0 Å². The smallest absolute Gasteiger partial charge is 0.323 e. The number of carbonyl (C=O) groups excluding carboxylic acids is 1. The van der Waals surface area contributed by atoms with Crippen LogP contribution in [0.2, 0.25) is 0 Å². The molecule has 0 unspecified atom stereocenters. The lowest BCUT2D eigenvalue weighted by atomic mass is 9.86. The van der Waals surface area contributed by atoms with E-state index in [1.165, 1.54) is 7.11 Å². The molecule has 3 N–H and O–H groups in total. The van der Waals surface area contributed by atoms with E-state index in [0.29, 0.717) is 57.2 Å². The Bertz CT molecular complexity index is 2020. The van der Waals surface area contributed by atoms with Crippen LogP contribution < -0.4 is 40.2 Å². The number of hydrogen-bond acceptors (Lipinski definition) is 9. The SMILES string of the molecule is COc1ccc(Nc2nccc(Oc3ccc(NC(=O)Nc4cc(C(C)(C)C)cc(P(C)(C)=O)c4OC)c4ccccc34)n2)cc1OC. The first-order chi connectivity index (χ1) is 22.8. The lowest BCUT2D eigenvalue weighted by molar-refractivity contribution is 0.262. The Morgan fingerprint density at radius 2 is 1.46 bits per heavy atom. The Hall–Kier alpha value is -5.28. The fourth-order valence-electron chi connectivity index (χ4n) is 5.11. The molecule has 0 aliphatic carbocycles. The quantitative estimate of drug-likeness (QED) is 0.125. The van der Waals surface area contributed by atoms with Crippen molar-refractivity contribution in [2.24, 2.45) is 0 Å². The van der Waals surface area contributed by atoms with E-state index in [4.69, 9.17) is 18.9 Å². The molecule has 0 bridgehead atoms. The molecule has 12 heteroatoms. The van der Waals surface area contributed by atoms with Crippen LogP contribution in [0.5, 0.6) is 28.9 Å². The summed E-state index contributed by atoms with van der Waals surface area (Å²) in [7, 11) is 1.92. The number of rotatable bonds is 10. The first-order valence-corrected chi connectivity index (χ1v) is 17.8. The Balaban J connectivity index is 1.39. The summed E-state index contributed by atoms with van der Waals surface area (Å²) in [5.74, 6) is 2.75. The fraction of sp³-hybridized carbons (Fsp3) is 0.250. The largest absolute Gasteiger partial charge is 0.494 e. The number of anilines is 4. The van der Waals surface area contributed by atoms with Gasteiger partial charge in [0.2, 0.25) is 11.8 Å². The Morgan fingerprint density at radius 1 is 0.771 bits per heavy atom. The number of methoxy groups -OCH3 is 3. The topological polar surface area (TPSA) is 133 Å². The normalized spacial score (nSPS) is 11.5. The van der Waals surface area contributed by atoms with Crippen molar-refractivity contribution < 1.29 is 28.3 Å². The van der Waals surface area contributed by atoms with Gasteiger partial charge < -0.3 is 39.5 Å². The van der Waals surface area contributed by atoms with Gasteiger partial charge in [-0.25, -0.2) is 9.78 Å². The van der Waals surface area contributed by atoms with Gasteiger partial charge in [0, 0.05) is 34.8 Å². The Kier molecular flexibility index (Phi) is 9.82. The summed E-state index contributed by atoms with van der Waals surface area (Å²) in [5, 5.41) is 11.1. The average Bonchev–Trinajstić information content (AvgIpc) is 3.04. The number of hydrogen-bond donors (Lipinski definition) is 3. The van der Waals surface area contributed by atoms with Crippen molar-refractivity contribution in [1.29, 1.82) is 0 Å². The van der Waals surface area contributed by atoms with Crippen LogP contribution in [0, 0.1) is 0 Å². The average molecular weight is 670 g/mol. The van der Waals surface area contributed by atoms with Crippen molar-refractivity contribution in [1.82, 2.24) is 9.97 Å². The lowest BCUT2D eigenvalue weighted by Crippen LogP contribution is -2.23. The van der Waals surface area contributed by atoms with Crippen LogP contribution in [0.4, 0.5) is 27.8 Å². The molecule has 5 aromatic rings. The summed E-state index contributed by atoms with van der Waals surface area (Å²) in [6, 6.07) is 21.5. The van der Waals surface area contributed by atoms with Gasteiger partial charge in [-0.3, -0.25) is 0 Å². The minimum absolute atomic E-state index is 0.251. The first kappa shape index (κ1) is 34.1. The highest BCUT2D eigenvalue weighted by Gasteiger charge is 2.26. The zero-order chi connectivity index (χ0) is 34.6. The van der Waals surface area contributed by atoms with Crippen LogP contribution >= 0.6 is 7.14 Å². The molecule has 0 fully saturated rings.